The fourth-order valence-electron chi connectivity index (χ4n) is 4.81. The van der Waals surface area contributed by atoms with Crippen molar-refractivity contribution in [2.75, 3.05) is 26.8 Å². The number of rotatable bonds is 7. The molecule has 5 rings (SSSR count). The lowest BCUT2D eigenvalue weighted by molar-refractivity contribution is 0.0968. The number of sulfonamides is 1. The number of aromatic nitrogens is 1. The third-order valence-electron chi connectivity index (χ3n) is 6.86. The standard InChI is InChI=1S/C27H33N3O4S2/c1-33-23-12-10-22(11-13-23)28-27-30(19-24-7-6-18-34-24)26(20-35-27)21-8-14-25(15-9-21)36(31,32)29-16-4-2-3-5-17-29/h8-15,20,24H,2-7,16-19H2,1H3. The summed E-state index contributed by atoms with van der Waals surface area (Å²) in [4.78, 5) is 6.14. The third kappa shape index (κ3) is 5.59. The third-order valence-corrected chi connectivity index (χ3v) is 9.63. The normalized spacial score (nSPS) is 19.9. The van der Waals surface area contributed by atoms with Crippen LogP contribution in [0.3, 0.4) is 0 Å². The summed E-state index contributed by atoms with van der Waals surface area (Å²) >= 11 is 1.58. The van der Waals surface area contributed by atoms with Gasteiger partial charge in [0, 0.05) is 25.1 Å². The van der Waals surface area contributed by atoms with Crippen molar-refractivity contribution < 1.29 is 17.9 Å². The van der Waals surface area contributed by atoms with Gasteiger partial charge in [-0.2, -0.15) is 4.31 Å². The van der Waals surface area contributed by atoms with Crippen molar-refractivity contribution in [1.29, 1.82) is 0 Å². The van der Waals surface area contributed by atoms with Crippen molar-refractivity contribution in [2.24, 2.45) is 4.99 Å². The SMILES string of the molecule is COc1ccc(N=c2scc(-c3ccc(S(=O)(=O)N4CCCCCC4)cc3)n2CC2CCCO2)cc1. The molecule has 1 atom stereocenters. The minimum atomic E-state index is -3.47. The first-order valence-electron chi connectivity index (χ1n) is 12.6. The van der Waals surface area contributed by atoms with E-state index in [0.29, 0.717) is 24.5 Å². The maximum atomic E-state index is 13.2. The Hall–Kier alpha value is -2.46. The van der Waals surface area contributed by atoms with Crippen LogP contribution < -0.4 is 9.54 Å². The van der Waals surface area contributed by atoms with Gasteiger partial charge in [0.25, 0.3) is 0 Å². The van der Waals surface area contributed by atoms with Gasteiger partial charge in [-0.05, 0) is 67.6 Å². The zero-order valence-electron chi connectivity index (χ0n) is 20.6. The van der Waals surface area contributed by atoms with Crippen LogP contribution >= 0.6 is 11.3 Å². The zero-order chi connectivity index (χ0) is 25.0. The average molecular weight is 528 g/mol. The molecule has 2 aliphatic rings. The van der Waals surface area contributed by atoms with Gasteiger partial charge in [0.1, 0.15) is 5.75 Å². The van der Waals surface area contributed by atoms with Gasteiger partial charge in [-0.1, -0.05) is 25.0 Å². The second-order valence-corrected chi connectivity index (χ2v) is 12.1. The minimum Gasteiger partial charge on any atom is -0.497 e. The van der Waals surface area contributed by atoms with E-state index in [1.54, 1.807) is 34.9 Å². The van der Waals surface area contributed by atoms with E-state index in [1.807, 2.05) is 36.4 Å². The highest BCUT2D eigenvalue weighted by Gasteiger charge is 2.25. The highest BCUT2D eigenvalue weighted by atomic mass is 32.2. The van der Waals surface area contributed by atoms with Crippen molar-refractivity contribution in [3.63, 3.8) is 0 Å². The van der Waals surface area contributed by atoms with Gasteiger partial charge >= 0.3 is 0 Å². The predicted molar refractivity (Wildman–Crippen MR) is 142 cm³/mol. The number of ether oxygens (including phenoxy) is 2. The summed E-state index contributed by atoms with van der Waals surface area (Å²) in [7, 11) is -1.82. The molecular formula is C27H33N3O4S2. The van der Waals surface area contributed by atoms with E-state index in [1.165, 1.54) is 0 Å². The molecule has 9 heteroatoms. The fraction of sp³-hybridized carbons (Fsp3) is 0.444. The molecule has 1 unspecified atom stereocenters. The van der Waals surface area contributed by atoms with Crippen LogP contribution in [-0.4, -0.2) is 50.2 Å². The summed E-state index contributed by atoms with van der Waals surface area (Å²) in [6, 6.07) is 15.0. The Morgan fingerprint density at radius 3 is 2.36 bits per heavy atom. The summed E-state index contributed by atoms with van der Waals surface area (Å²) in [5.41, 5.74) is 2.83. The molecule has 2 saturated heterocycles. The molecule has 0 aliphatic carbocycles. The Balaban J connectivity index is 1.47. The fourth-order valence-corrected chi connectivity index (χ4v) is 7.27. The van der Waals surface area contributed by atoms with E-state index in [2.05, 4.69) is 9.95 Å². The Bertz CT molecular complexity index is 1310. The quantitative estimate of drug-likeness (QED) is 0.423. The van der Waals surface area contributed by atoms with Crippen LogP contribution in [0.4, 0.5) is 5.69 Å². The molecular weight excluding hydrogens is 494 g/mol. The van der Waals surface area contributed by atoms with Crippen LogP contribution in [0.15, 0.2) is 63.8 Å². The molecule has 0 saturated carbocycles. The van der Waals surface area contributed by atoms with E-state index in [4.69, 9.17) is 14.5 Å². The van der Waals surface area contributed by atoms with E-state index < -0.39 is 10.0 Å². The predicted octanol–water partition coefficient (Wildman–Crippen LogP) is 5.20. The average Bonchev–Trinajstić information content (AvgIpc) is 3.46. The second kappa shape index (κ2) is 11.3. The molecule has 0 bridgehead atoms. The Kier molecular flexibility index (Phi) is 7.90. The summed E-state index contributed by atoms with van der Waals surface area (Å²) in [6.45, 7) is 2.71. The highest BCUT2D eigenvalue weighted by molar-refractivity contribution is 7.89. The molecule has 0 spiro atoms. The van der Waals surface area contributed by atoms with Crippen LogP contribution in [-0.2, 0) is 21.3 Å². The largest absolute Gasteiger partial charge is 0.497 e. The summed E-state index contributed by atoms with van der Waals surface area (Å²) < 4.78 is 41.5. The van der Waals surface area contributed by atoms with E-state index in [0.717, 1.165) is 72.6 Å². The summed E-state index contributed by atoms with van der Waals surface area (Å²) in [5.74, 6) is 0.795. The molecule has 0 amide bonds. The van der Waals surface area contributed by atoms with Gasteiger partial charge in [0.2, 0.25) is 10.0 Å². The number of methoxy groups -OCH3 is 1. The van der Waals surface area contributed by atoms with Gasteiger partial charge < -0.3 is 14.0 Å². The maximum absolute atomic E-state index is 13.2. The molecule has 1 aromatic heterocycles. The zero-order valence-corrected chi connectivity index (χ0v) is 22.3. The molecule has 0 N–H and O–H groups in total. The van der Waals surface area contributed by atoms with Gasteiger partial charge in [0.15, 0.2) is 4.80 Å². The molecule has 2 aliphatic heterocycles. The van der Waals surface area contributed by atoms with Crippen LogP contribution in [0.5, 0.6) is 5.75 Å². The van der Waals surface area contributed by atoms with E-state index in [9.17, 15) is 8.42 Å². The lowest BCUT2D eigenvalue weighted by Crippen LogP contribution is -2.31. The Labute approximate surface area is 217 Å². The van der Waals surface area contributed by atoms with Gasteiger partial charge in [-0.15, -0.1) is 11.3 Å². The second-order valence-electron chi connectivity index (χ2n) is 9.30. The smallest absolute Gasteiger partial charge is 0.243 e. The monoisotopic (exact) mass is 527 g/mol. The number of hydrogen-bond donors (Lipinski definition) is 0. The molecule has 2 fully saturated rings. The Morgan fingerprint density at radius 1 is 1.00 bits per heavy atom. The minimum absolute atomic E-state index is 0.149. The lowest BCUT2D eigenvalue weighted by atomic mass is 10.1. The number of nitrogens with zero attached hydrogens (tertiary/aromatic N) is 3. The molecule has 36 heavy (non-hydrogen) atoms. The first-order valence-corrected chi connectivity index (χ1v) is 15.0. The summed E-state index contributed by atoms with van der Waals surface area (Å²) in [5, 5.41) is 2.09. The first kappa shape index (κ1) is 25.2. The van der Waals surface area contributed by atoms with Crippen LogP contribution in [0.1, 0.15) is 38.5 Å². The van der Waals surface area contributed by atoms with Gasteiger partial charge in [-0.3, -0.25) is 0 Å². The Morgan fingerprint density at radius 2 is 1.72 bits per heavy atom. The summed E-state index contributed by atoms with van der Waals surface area (Å²) in [6.07, 6.45) is 6.29. The van der Waals surface area contributed by atoms with Crippen molar-refractivity contribution in [2.45, 2.75) is 56.1 Å². The molecule has 0 radical (unpaired) electrons. The number of benzene rings is 2. The number of hydrogen-bond acceptors (Lipinski definition) is 6. The lowest BCUT2D eigenvalue weighted by Gasteiger charge is -2.20. The van der Waals surface area contributed by atoms with Crippen LogP contribution in [0.2, 0.25) is 0 Å². The van der Waals surface area contributed by atoms with Crippen molar-refractivity contribution >= 4 is 27.0 Å². The van der Waals surface area contributed by atoms with Crippen molar-refractivity contribution in [3.8, 4) is 17.0 Å². The van der Waals surface area contributed by atoms with E-state index in [-0.39, 0.29) is 6.10 Å². The van der Waals surface area contributed by atoms with E-state index >= 15 is 0 Å². The van der Waals surface area contributed by atoms with Crippen molar-refractivity contribution in [1.82, 2.24) is 8.87 Å². The van der Waals surface area contributed by atoms with Crippen LogP contribution in [0, 0.1) is 0 Å². The molecule has 7 nitrogen and oxygen atoms in total. The van der Waals surface area contributed by atoms with Gasteiger partial charge in [-0.25, -0.2) is 13.4 Å². The highest BCUT2D eigenvalue weighted by Crippen LogP contribution is 2.27. The molecule has 3 heterocycles. The number of thiazole rings is 1. The molecule has 2 aromatic carbocycles. The van der Waals surface area contributed by atoms with Crippen molar-refractivity contribution in [3.05, 3.63) is 58.7 Å². The molecule has 3 aromatic rings. The van der Waals surface area contributed by atoms with Gasteiger partial charge in [0.05, 0.1) is 36.0 Å². The van der Waals surface area contributed by atoms with Crippen LogP contribution in [0.25, 0.3) is 11.3 Å². The maximum Gasteiger partial charge on any atom is 0.243 e. The molecule has 192 valence electrons. The first-order chi connectivity index (χ1) is 17.5. The topological polar surface area (TPSA) is 73.1 Å².